The second-order valence-electron chi connectivity index (χ2n) is 8.99. The summed E-state index contributed by atoms with van der Waals surface area (Å²) in [6.07, 6.45) is 1.50. The molecule has 0 radical (unpaired) electrons. The molecule has 2 amide bonds. The number of nitrogens with one attached hydrogen (secondary N) is 2. The van der Waals surface area contributed by atoms with Crippen molar-refractivity contribution in [1.29, 1.82) is 0 Å². The number of rotatable bonds is 4. The molecule has 6 rings (SSSR count). The summed E-state index contributed by atoms with van der Waals surface area (Å²) in [4.78, 5) is 35.2. The van der Waals surface area contributed by atoms with Gasteiger partial charge in [-0.3, -0.25) is 9.59 Å². The number of benzene rings is 3. The van der Waals surface area contributed by atoms with E-state index in [2.05, 4.69) is 15.3 Å². The number of aromatic nitrogens is 2. The number of aromatic hydroxyl groups is 2. The fourth-order valence-electron chi connectivity index (χ4n) is 4.91. The highest BCUT2D eigenvalue weighted by Gasteiger charge is 2.35. The van der Waals surface area contributed by atoms with E-state index in [-0.39, 0.29) is 29.2 Å². The van der Waals surface area contributed by atoms with E-state index < -0.39 is 0 Å². The lowest BCUT2D eigenvalue weighted by atomic mass is 9.95. The number of anilines is 2. The molecule has 0 saturated carbocycles. The molecule has 4 N–H and O–H groups in total. The average Bonchev–Trinajstić information content (AvgIpc) is 3.50. The lowest BCUT2D eigenvalue weighted by Crippen LogP contribution is -2.30. The highest BCUT2D eigenvalue weighted by atomic mass is 35.5. The molecule has 9 heteroatoms. The Balaban J connectivity index is 1.31. The first-order chi connectivity index (χ1) is 17.9. The van der Waals surface area contributed by atoms with Gasteiger partial charge in [0.15, 0.2) is 0 Å². The Bertz CT molecular complexity index is 1700. The van der Waals surface area contributed by atoms with E-state index in [1.54, 1.807) is 23.1 Å². The number of pyridine rings is 1. The molecule has 1 atom stereocenters. The number of halogens is 1. The summed E-state index contributed by atoms with van der Waals surface area (Å²) >= 11 is 6.30. The number of hydrogen-bond acceptors (Lipinski definition) is 5. The van der Waals surface area contributed by atoms with Crippen molar-refractivity contribution in [3.05, 3.63) is 89.7 Å². The van der Waals surface area contributed by atoms with Crippen molar-refractivity contribution >= 4 is 56.6 Å². The molecule has 0 saturated heterocycles. The van der Waals surface area contributed by atoms with Crippen molar-refractivity contribution in [1.82, 2.24) is 9.97 Å². The number of phenolic OH excluding ortho intramolecular Hbond substituents is 2. The first-order valence-corrected chi connectivity index (χ1v) is 12.2. The smallest absolute Gasteiger partial charge is 0.274 e. The number of fused-ring (bicyclic) bond motifs is 4. The maximum Gasteiger partial charge on any atom is 0.274 e. The minimum Gasteiger partial charge on any atom is -0.508 e. The standard InChI is InChI=1S/C28H21ClN4O4/c29-12-17-14-33(23-11-24(35)20-3-1-2-4-21(20)25(17)23)28(37)22-10-16-9-18(13-30-26(16)32-22)31-27(36)15-5-7-19(34)8-6-15/h1-11,13,17,34-35H,12,14H2,(H,30,32)(H,31,36)/t17-/m1/s1. The molecule has 1 aliphatic rings. The Morgan fingerprint density at radius 1 is 1.05 bits per heavy atom. The monoisotopic (exact) mass is 512 g/mol. The van der Waals surface area contributed by atoms with Crippen LogP contribution in [-0.2, 0) is 0 Å². The van der Waals surface area contributed by atoms with E-state index in [0.717, 1.165) is 16.3 Å². The zero-order valence-corrected chi connectivity index (χ0v) is 20.2. The lowest BCUT2D eigenvalue weighted by Gasteiger charge is -2.17. The van der Waals surface area contributed by atoms with E-state index in [1.165, 1.54) is 30.5 Å². The largest absolute Gasteiger partial charge is 0.508 e. The molecule has 0 spiro atoms. The van der Waals surface area contributed by atoms with Gasteiger partial charge in [-0.2, -0.15) is 0 Å². The Kier molecular flexibility index (Phi) is 5.46. The van der Waals surface area contributed by atoms with Crippen molar-refractivity contribution in [3.8, 4) is 11.5 Å². The number of amides is 2. The van der Waals surface area contributed by atoms with Gasteiger partial charge in [-0.25, -0.2) is 4.98 Å². The number of nitrogens with zero attached hydrogens (tertiary/aromatic N) is 2. The zero-order chi connectivity index (χ0) is 25.7. The van der Waals surface area contributed by atoms with Gasteiger partial charge in [0.25, 0.3) is 11.8 Å². The maximum atomic E-state index is 13.6. The Morgan fingerprint density at radius 2 is 1.81 bits per heavy atom. The third kappa shape index (κ3) is 3.91. The quantitative estimate of drug-likeness (QED) is 0.242. The molecule has 3 heterocycles. The van der Waals surface area contributed by atoms with Crippen molar-refractivity contribution in [3.63, 3.8) is 0 Å². The highest BCUT2D eigenvalue weighted by molar-refractivity contribution is 6.19. The van der Waals surface area contributed by atoms with Gasteiger partial charge in [-0.15, -0.1) is 11.6 Å². The molecule has 0 fully saturated rings. The van der Waals surface area contributed by atoms with Crippen LogP contribution in [-0.4, -0.2) is 44.4 Å². The fraction of sp³-hybridized carbons (Fsp3) is 0.107. The van der Waals surface area contributed by atoms with Crippen LogP contribution in [0.5, 0.6) is 11.5 Å². The Hall–Kier alpha value is -4.56. The van der Waals surface area contributed by atoms with Crippen molar-refractivity contribution in [2.75, 3.05) is 22.6 Å². The first kappa shape index (κ1) is 22.9. The maximum absolute atomic E-state index is 13.6. The van der Waals surface area contributed by atoms with Crippen LogP contribution in [0.3, 0.4) is 0 Å². The van der Waals surface area contributed by atoms with E-state index in [0.29, 0.717) is 46.1 Å². The number of aromatic amines is 1. The molecule has 0 bridgehead atoms. The molecule has 0 aliphatic carbocycles. The fourth-order valence-corrected chi connectivity index (χ4v) is 5.16. The topological polar surface area (TPSA) is 119 Å². The van der Waals surface area contributed by atoms with Gasteiger partial charge in [-0.1, -0.05) is 24.3 Å². The number of H-pyrrole nitrogens is 1. The first-order valence-electron chi connectivity index (χ1n) is 11.6. The van der Waals surface area contributed by atoms with Gasteiger partial charge in [0, 0.05) is 40.7 Å². The molecule has 37 heavy (non-hydrogen) atoms. The lowest BCUT2D eigenvalue weighted by molar-refractivity contribution is 0.0983. The Morgan fingerprint density at radius 3 is 2.57 bits per heavy atom. The van der Waals surface area contributed by atoms with Gasteiger partial charge in [0.2, 0.25) is 0 Å². The summed E-state index contributed by atoms with van der Waals surface area (Å²) in [6.45, 7) is 0.391. The third-order valence-corrected chi connectivity index (χ3v) is 7.04. The molecule has 8 nitrogen and oxygen atoms in total. The van der Waals surface area contributed by atoms with Crippen LogP contribution in [0.2, 0.25) is 0 Å². The van der Waals surface area contributed by atoms with Crippen molar-refractivity contribution in [2.24, 2.45) is 0 Å². The predicted molar refractivity (Wildman–Crippen MR) is 143 cm³/mol. The molecule has 3 aromatic carbocycles. The number of alkyl halides is 1. The van der Waals surface area contributed by atoms with Crippen LogP contribution < -0.4 is 10.2 Å². The molecular formula is C28H21ClN4O4. The van der Waals surface area contributed by atoms with Crippen molar-refractivity contribution in [2.45, 2.75) is 5.92 Å². The summed E-state index contributed by atoms with van der Waals surface area (Å²) in [6, 6.07) is 18.5. The van der Waals surface area contributed by atoms with Crippen LogP contribution in [0.4, 0.5) is 11.4 Å². The minimum absolute atomic E-state index is 0.0738. The Labute approximate surface area is 216 Å². The molecule has 1 aliphatic heterocycles. The van der Waals surface area contributed by atoms with Crippen LogP contribution in [0, 0.1) is 0 Å². The number of carbonyl (C=O) groups is 2. The summed E-state index contributed by atoms with van der Waals surface area (Å²) in [7, 11) is 0. The van der Waals surface area contributed by atoms with E-state index in [1.807, 2.05) is 24.3 Å². The minimum atomic E-state index is -0.346. The molecule has 2 aromatic heterocycles. The van der Waals surface area contributed by atoms with Gasteiger partial charge < -0.3 is 25.4 Å². The van der Waals surface area contributed by atoms with E-state index in [4.69, 9.17) is 11.6 Å². The summed E-state index contributed by atoms with van der Waals surface area (Å²) in [5.74, 6) is -0.170. The number of hydrogen-bond donors (Lipinski definition) is 4. The average molecular weight is 513 g/mol. The third-order valence-electron chi connectivity index (χ3n) is 6.66. The predicted octanol–water partition coefficient (Wildman–Crippen LogP) is 5.36. The summed E-state index contributed by atoms with van der Waals surface area (Å²) < 4.78 is 0. The number of carbonyl (C=O) groups excluding carboxylic acids is 2. The highest BCUT2D eigenvalue weighted by Crippen LogP contribution is 2.45. The zero-order valence-electron chi connectivity index (χ0n) is 19.4. The van der Waals surface area contributed by atoms with Gasteiger partial charge in [0.1, 0.15) is 22.8 Å². The summed E-state index contributed by atoms with van der Waals surface area (Å²) in [5, 5.41) is 25.1. The van der Waals surface area contributed by atoms with Crippen LogP contribution in [0.15, 0.2) is 72.9 Å². The summed E-state index contributed by atoms with van der Waals surface area (Å²) in [5.41, 5.74) is 3.28. The van der Waals surface area contributed by atoms with Crippen LogP contribution >= 0.6 is 11.6 Å². The normalized spacial score (nSPS) is 14.7. The molecular weight excluding hydrogens is 492 g/mol. The second kappa shape index (κ2) is 8.83. The second-order valence-corrected chi connectivity index (χ2v) is 9.30. The van der Waals surface area contributed by atoms with Gasteiger partial charge in [-0.05, 0) is 47.3 Å². The van der Waals surface area contributed by atoms with Crippen LogP contribution in [0.1, 0.15) is 32.3 Å². The van der Waals surface area contributed by atoms with Crippen molar-refractivity contribution < 1.29 is 19.8 Å². The number of phenols is 2. The van der Waals surface area contributed by atoms with Gasteiger partial charge in [0.05, 0.1) is 17.6 Å². The molecule has 5 aromatic rings. The van der Waals surface area contributed by atoms with Crippen LogP contribution in [0.25, 0.3) is 21.8 Å². The van der Waals surface area contributed by atoms with E-state index >= 15 is 0 Å². The molecule has 184 valence electrons. The van der Waals surface area contributed by atoms with Gasteiger partial charge >= 0.3 is 0 Å². The SMILES string of the molecule is O=C(Nc1cnc2[nH]c(C(=O)N3C[C@@H](CCl)c4c3cc(O)c3ccccc43)cc2c1)c1ccc(O)cc1. The molecule has 0 unspecified atom stereocenters. The van der Waals surface area contributed by atoms with E-state index in [9.17, 15) is 19.8 Å².